The highest BCUT2D eigenvalue weighted by Crippen LogP contribution is 2.46. The van der Waals surface area contributed by atoms with Crippen LogP contribution in [0.3, 0.4) is 0 Å². The molecule has 0 spiro atoms. The van der Waals surface area contributed by atoms with E-state index in [-0.39, 0.29) is 10.3 Å². The predicted octanol–water partition coefficient (Wildman–Crippen LogP) is 6.82. The van der Waals surface area contributed by atoms with Crippen molar-refractivity contribution in [2.75, 3.05) is 0 Å². The SMILES string of the molecule is NC(=O)N(Cl)C(=O)c1c(F)cc(-c2cc(C(F)(F)F)cc(Cl)c2Oc2ccccn2)c(Cl)c1F. The molecule has 3 rings (SSSR count). The lowest BCUT2D eigenvalue weighted by molar-refractivity contribution is -0.137. The van der Waals surface area contributed by atoms with Crippen molar-refractivity contribution in [3.63, 3.8) is 0 Å². The number of hydrogen-bond acceptors (Lipinski definition) is 4. The lowest BCUT2D eigenvalue weighted by Gasteiger charge is -2.18. The van der Waals surface area contributed by atoms with Gasteiger partial charge in [0.2, 0.25) is 5.88 Å². The molecule has 1 heterocycles. The Morgan fingerprint density at radius 3 is 2.29 bits per heavy atom. The Morgan fingerprint density at radius 2 is 1.74 bits per heavy atom. The van der Waals surface area contributed by atoms with Crippen molar-refractivity contribution >= 4 is 46.9 Å². The van der Waals surface area contributed by atoms with Crippen molar-refractivity contribution in [1.29, 1.82) is 0 Å². The number of amides is 3. The van der Waals surface area contributed by atoms with Gasteiger partial charge in [-0.25, -0.2) is 18.6 Å². The first-order valence-electron chi connectivity index (χ1n) is 8.80. The van der Waals surface area contributed by atoms with Crippen LogP contribution in [0, 0.1) is 11.6 Å². The molecule has 3 aromatic rings. The average Bonchev–Trinajstić information content (AvgIpc) is 2.76. The second-order valence-corrected chi connectivity index (χ2v) is 7.56. The zero-order valence-corrected chi connectivity index (χ0v) is 18.5. The van der Waals surface area contributed by atoms with Crippen LogP contribution in [0.2, 0.25) is 10.0 Å². The molecular weight excluding hydrogens is 532 g/mol. The Kier molecular flexibility index (Phi) is 7.20. The lowest BCUT2D eigenvalue weighted by Crippen LogP contribution is -2.34. The van der Waals surface area contributed by atoms with E-state index in [1.807, 2.05) is 0 Å². The van der Waals surface area contributed by atoms with Gasteiger partial charge in [0.05, 0.1) is 15.6 Å². The number of primary amides is 1. The van der Waals surface area contributed by atoms with Crippen LogP contribution < -0.4 is 10.5 Å². The smallest absolute Gasteiger partial charge is 0.416 e. The van der Waals surface area contributed by atoms with Gasteiger partial charge in [0.15, 0.2) is 11.6 Å². The number of pyridine rings is 1. The van der Waals surface area contributed by atoms with Gasteiger partial charge in [-0.05, 0) is 24.3 Å². The first-order chi connectivity index (χ1) is 15.8. The first kappa shape index (κ1) is 25.5. The summed E-state index contributed by atoms with van der Waals surface area (Å²) in [7, 11) is 0. The molecule has 0 fully saturated rings. The number of halogens is 8. The van der Waals surface area contributed by atoms with E-state index >= 15 is 0 Å². The fourth-order valence-corrected chi connectivity index (χ4v) is 3.35. The Bertz CT molecular complexity index is 1290. The summed E-state index contributed by atoms with van der Waals surface area (Å²) < 4.78 is 75.1. The van der Waals surface area contributed by atoms with Crippen LogP contribution in [0.5, 0.6) is 11.6 Å². The second-order valence-electron chi connectivity index (χ2n) is 6.44. The van der Waals surface area contributed by atoms with Gasteiger partial charge in [0.1, 0.15) is 11.4 Å². The molecule has 0 aliphatic carbocycles. The quantitative estimate of drug-likeness (QED) is 0.224. The van der Waals surface area contributed by atoms with Crippen LogP contribution in [-0.4, -0.2) is 21.3 Å². The first-order valence-corrected chi connectivity index (χ1v) is 9.89. The number of alkyl halides is 3. The van der Waals surface area contributed by atoms with E-state index in [0.29, 0.717) is 18.2 Å². The standard InChI is InChI=1S/C20H9Cl3F5N3O3/c21-11-6-8(20(26,27)28)5-10(17(11)34-13-3-1-2-4-30-13)9-7-12(24)14(16(25)15(9)22)18(32)31(23)19(29)33/h1-7H,(H2,29,33). The van der Waals surface area contributed by atoms with Crippen molar-refractivity contribution in [3.05, 3.63) is 75.4 Å². The highest BCUT2D eigenvalue weighted by atomic mass is 35.5. The zero-order chi connectivity index (χ0) is 25.4. The Hall–Kier alpha value is -3.15. The maximum Gasteiger partial charge on any atom is 0.416 e. The molecule has 6 nitrogen and oxygen atoms in total. The minimum atomic E-state index is -4.90. The van der Waals surface area contributed by atoms with E-state index in [4.69, 9.17) is 45.4 Å². The van der Waals surface area contributed by atoms with Gasteiger partial charge in [-0.15, -0.1) is 0 Å². The number of imide groups is 1. The zero-order valence-electron chi connectivity index (χ0n) is 16.3. The fourth-order valence-electron chi connectivity index (χ4n) is 2.76. The molecule has 0 aliphatic heterocycles. The molecule has 3 amide bonds. The molecule has 0 bridgehead atoms. The second kappa shape index (κ2) is 9.61. The van der Waals surface area contributed by atoms with Crippen LogP contribution in [0.4, 0.5) is 26.7 Å². The van der Waals surface area contributed by atoms with E-state index in [2.05, 4.69) is 4.98 Å². The van der Waals surface area contributed by atoms with Crippen LogP contribution in [0.15, 0.2) is 42.6 Å². The maximum atomic E-state index is 14.9. The molecule has 0 saturated carbocycles. The molecule has 2 aromatic carbocycles. The highest BCUT2D eigenvalue weighted by Gasteiger charge is 2.34. The number of nitrogens with zero attached hydrogens (tertiary/aromatic N) is 2. The molecule has 0 radical (unpaired) electrons. The van der Waals surface area contributed by atoms with Crippen LogP contribution in [0.25, 0.3) is 11.1 Å². The normalized spacial score (nSPS) is 11.3. The number of nitrogens with two attached hydrogens (primary N) is 1. The predicted molar refractivity (Wildman–Crippen MR) is 113 cm³/mol. The monoisotopic (exact) mass is 539 g/mol. The molecule has 34 heavy (non-hydrogen) atoms. The van der Waals surface area contributed by atoms with Crippen LogP contribution in [-0.2, 0) is 6.18 Å². The number of aromatic nitrogens is 1. The molecule has 0 atom stereocenters. The number of carbonyl (C=O) groups excluding carboxylic acids is 2. The molecule has 0 saturated heterocycles. The van der Waals surface area contributed by atoms with Gasteiger partial charge in [-0.3, -0.25) is 4.79 Å². The number of rotatable bonds is 4. The van der Waals surface area contributed by atoms with Gasteiger partial charge >= 0.3 is 12.2 Å². The van der Waals surface area contributed by atoms with Gasteiger partial charge < -0.3 is 10.5 Å². The summed E-state index contributed by atoms with van der Waals surface area (Å²) >= 11 is 17.3. The number of carbonyl (C=O) groups is 2. The van der Waals surface area contributed by atoms with Gasteiger partial charge in [-0.2, -0.15) is 17.6 Å². The van der Waals surface area contributed by atoms with Crippen molar-refractivity contribution in [2.45, 2.75) is 6.18 Å². The number of benzene rings is 2. The van der Waals surface area contributed by atoms with E-state index in [9.17, 15) is 31.5 Å². The molecule has 14 heteroatoms. The third-order valence-electron chi connectivity index (χ3n) is 4.25. The maximum absolute atomic E-state index is 14.9. The van der Waals surface area contributed by atoms with Crippen LogP contribution in [0.1, 0.15) is 15.9 Å². The average molecular weight is 541 g/mol. The van der Waals surface area contributed by atoms with Crippen molar-refractivity contribution < 1.29 is 36.3 Å². The number of ether oxygens (including phenoxy) is 1. The van der Waals surface area contributed by atoms with Crippen LogP contribution >= 0.6 is 35.0 Å². The van der Waals surface area contributed by atoms with E-state index in [1.165, 1.54) is 24.4 Å². The fraction of sp³-hybridized carbons (Fsp3) is 0.0500. The molecule has 2 N–H and O–H groups in total. The van der Waals surface area contributed by atoms with E-state index < -0.39 is 67.8 Å². The highest BCUT2D eigenvalue weighted by molar-refractivity contribution is 6.36. The minimum absolute atomic E-state index is 0.103. The van der Waals surface area contributed by atoms with Crippen molar-refractivity contribution in [1.82, 2.24) is 9.40 Å². The summed E-state index contributed by atoms with van der Waals surface area (Å²) in [6, 6.07) is 4.35. The summed E-state index contributed by atoms with van der Waals surface area (Å²) in [5.41, 5.74) is 0.956. The molecule has 0 aliphatic rings. The Morgan fingerprint density at radius 1 is 1.06 bits per heavy atom. The van der Waals surface area contributed by atoms with E-state index in [0.717, 1.165) is 0 Å². The summed E-state index contributed by atoms with van der Waals surface area (Å²) in [5, 5.41) is -1.56. The van der Waals surface area contributed by atoms with Crippen molar-refractivity contribution in [2.24, 2.45) is 5.73 Å². The third kappa shape index (κ3) is 5.01. The van der Waals surface area contributed by atoms with Gasteiger partial charge in [0, 0.05) is 35.2 Å². The summed E-state index contributed by atoms with van der Waals surface area (Å²) in [6.45, 7) is 0. The molecule has 1 aromatic heterocycles. The Balaban J connectivity index is 2.28. The lowest BCUT2D eigenvalue weighted by atomic mass is 9.99. The third-order valence-corrected chi connectivity index (χ3v) is 5.22. The Labute approximate surface area is 202 Å². The number of urea groups is 1. The largest absolute Gasteiger partial charge is 0.437 e. The molecular formula is C20H9Cl3F5N3O3. The summed E-state index contributed by atoms with van der Waals surface area (Å²) in [6.07, 6.45) is -3.58. The summed E-state index contributed by atoms with van der Waals surface area (Å²) in [4.78, 5) is 27.1. The van der Waals surface area contributed by atoms with Gasteiger partial charge in [0.25, 0.3) is 5.91 Å². The van der Waals surface area contributed by atoms with Gasteiger partial charge in [-0.1, -0.05) is 29.3 Å². The molecule has 178 valence electrons. The summed E-state index contributed by atoms with van der Waals surface area (Å²) in [5.74, 6) is -5.57. The van der Waals surface area contributed by atoms with Crippen molar-refractivity contribution in [3.8, 4) is 22.8 Å². The number of hydrogen-bond donors (Lipinski definition) is 1. The van der Waals surface area contributed by atoms with E-state index in [1.54, 1.807) is 0 Å². The molecule has 0 unspecified atom stereocenters. The topological polar surface area (TPSA) is 85.5 Å². The minimum Gasteiger partial charge on any atom is -0.437 e.